The van der Waals surface area contributed by atoms with Crippen LogP contribution in [0.3, 0.4) is 0 Å². The van der Waals surface area contributed by atoms with Crippen molar-refractivity contribution >= 4 is 17.9 Å². The summed E-state index contributed by atoms with van der Waals surface area (Å²) in [7, 11) is 0. The van der Waals surface area contributed by atoms with Gasteiger partial charge in [-0.25, -0.2) is 4.39 Å². The lowest BCUT2D eigenvalue weighted by molar-refractivity contribution is -0.384. The van der Waals surface area contributed by atoms with Crippen molar-refractivity contribution < 1.29 is 9.31 Å². The molecule has 0 atom stereocenters. The average molecular weight is 296 g/mol. The Labute approximate surface area is 119 Å². The Hall–Kier alpha value is -2.09. The minimum atomic E-state index is -0.670. The number of nitro benzene ring substituents is 1. The summed E-state index contributed by atoms with van der Waals surface area (Å²) >= 11 is 5.16. The monoisotopic (exact) mass is 296 g/mol. The maximum Gasteiger partial charge on any atom is 0.283 e. The molecule has 1 aromatic carbocycles. The van der Waals surface area contributed by atoms with Crippen molar-refractivity contribution in [1.82, 2.24) is 14.8 Å². The number of aromatic amines is 1. The van der Waals surface area contributed by atoms with Gasteiger partial charge in [-0.15, -0.1) is 0 Å². The van der Waals surface area contributed by atoms with Crippen molar-refractivity contribution in [3.8, 4) is 11.4 Å². The fraction of sp³-hybridized carbons (Fsp3) is 0.333. The zero-order chi connectivity index (χ0) is 15.1. The number of rotatable bonds is 2. The van der Waals surface area contributed by atoms with E-state index in [-0.39, 0.29) is 11.3 Å². The van der Waals surface area contributed by atoms with Crippen LogP contribution in [0.25, 0.3) is 11.4 Å². The predicted molar refractivity (Wildman–Crippen MR) is 74.5 cm³/mol. The third-order valence-corrected chi connectivity index (χ3v) is 3.01. The number of hydrogen-bond donors (Lipinski definition) is 1. The molecule has 1 aromatic heterocycles. The fourth-order valence-corrected chi connectivity index (χ4v) is 2.35. The van der Waals surface area contributed by atoms with Gasteiger partial charge in [0, 0.05) is 5.54 Å². The molecule has 1 heterocycles. The van der Waals surface area contributed by atoms with Gasteiger partial charge in [0.25, 0.3) is 5.69 Å². The molecule has 2 rings (SSSR count). The maximum absolute atomic E-state index is 13.2. The normalized spacial score (nSPS) is 11.6. The van der Waals surface area contributed by atoms with Gasteiger partial charge >= 0.3 is 0 Å². The second-order valence-corrected chi connectivity index (χ2v) is 5.66. The first kappa shape index (κ1) is 14.3. The fourth-order valence-electron chi connectivity index (χ4n) is 1.94. The third kappa shape index (κ3) is 2.46. The first-order valence-corrected chi connectivity index (χ1v) is 6.25. The number of halogens is 1. The minimum Gasteiger partial charge on any atom is -0.295 e. The molecular weight excluding hydrogens is 283 g/mol. The number of nitrogens with zero attached hydrogens (tertiary/aromatic N) is 3. The Kier molecular flexibility index (Phi) is 3.43. The zero-order valence-electron chi connectivity index (χ0n) is 11.2. The number of nitro groups is 1. The van der Waals surface area contributed by atoms with Crippen molar-refractivity contribution in [2.24, 2.45) is 0 Å². The molecule has 0 amide bonds. The largest absolute Gasteiger partial charge is 0.295 e. The van der Waals surface area contributed by atoms with Gasteiger partial charge in [-0.2, -0.15) is 5.10 Å². The SMILES string of the molecule is CC(C)(C)n1c(-c2ccc(F)cc2[N+](=O)[O-])n[nH]c1=S. The van der Waals surface area contributed by atoms with Crippen molar-refractivity contribution in [1.29, 1.82) is 0 Å². The highest BCUT2D eigenvalue weighted by Gasteiger charge is 2.26. The van der Waals surface area contributed by atoms with Gasteiger partial charge in [0.15, 0.2) is 10.6 Å². The predicted octanol–water partition coefficient (Wildman–Crippen LogP) is 3.41. The number of benzene rings is 1. The molecule has 0 aliphatic rings. The Morgan fingerprint density at radius 3 is 2.65 bits per heavy atom. The van der Waals surface area contributed by atoms with E-state index in [0.29, 0.717) is 10.6 Å². The summed E-state index contributed by atoms with van der Waals surface area (Å²) in [6, 6.07) is 3.37. The summed E-state index contributed by atoms with van der Waals surface area (Å²) < 4.78 is 15.2. The smallest absolute Gasteiger partial charge is 0.283 e. The quantitative estimate of drug-likeness (QED) is 0.523. The molecular formula is C12H13FN4O2S. The molecule has 0 fully saturated rings. The van der Waals surface area contributed by atoms with Gasteiger partial charge in [-0.05, 0) is 45.1 Å². The van der Waals surface area contributed by atoms with Gasteiger partial charge in [0.2, 0.25) is 0 Å². The van der Waals surface area contributed by atoms with Gasteiger partial charge < -0.3 is 0 Å². The second kappa shape index (κ2) is 4.78. The Morgan fingerprint density at radius 1 is 1.45 bits per heavy atom. The topological polar surface area (TPSA) is 76.8 Å². The first-order valence-electron chi connectivity index (χ1n) is 5.84. The lowest BCUT2D eigenvalue weighted by atomic mass is 10.1. The van der Waals surface area contributed by atoms with Crippen LogP contribution < -0.4 is 0 Å². The summed E-state index contributed by atoms with van der Waals surface area (Å²) in [6.07, 6.45) is 0. The van der Waals surface area contributed by atoms with Crippen LogP contribution in [0.15, 0.2) is 18.2 Å². The number of H-pyrrole nitrogens is 1. The van der Waals surface area contributed by atoms with E-state index < -0.39 is 16.3 Å². The molecule has 0 spiro atoms. The highest BCUT2D eigenvalue weighted by atomic mass is 32.1. The van der Waals surface area contributed by atoms with E-state index >= 15 is 0 Å². The highest BCUT2D eigenvalue weighted by molar-refractivity contribution is 7.71. The van der Waals surface area contributed by atoms with E-state index in [4.69, 9.17) is 12.2 Å². The highest BCUT2D eigenvalue weighted by Crippen LogP contribution is 2.32. The van der Waals surface area contributed by atoms with E-state index in [0.717, 1.165) is 12.1 Å². The van der Waals surface area contributed by atoms with Crippen LogP contribution in [0.1, 0.15) is 20.8 Å². The summed E-state index contributed by atoms with van der Waals surface area (Å²) in [4.78, 5) is 10.4. The van der Waals surface area contributed by atoms with Gasteiger partial charge in [-0.3, -0.25) is 19.8 Å². The lowest BCUT2D eigenvalue weighted by Crippen LogP contribution is -2.23. The molecule has 20 heavy (non-hydrogen) atoms. The first-order chi connectivity index (χ1) is 9.21. The maximum atomic E-state index is 13.2. The van der Waals surface area contributed by atoms with E-state index in [2.05, 4.69) is 10.2 Å². The van der Waals surface area contributed by atoms with E-state index in [1.54, 1.807) is 4.57 Å². The number of nitrogens with one attached hydrogen (secondary N) is 1. The van der Waals surface area contributed by atoms with Crippen LogP contribution in [0.2, 0.25) is 0 Å². The van der Waals surface area contributed by atoms with Crippen LogP contribution in [-0.2, 0) is 5.54 Å². The van der Waals surface area contributed by atoms with Crippen molar-refractivity contribution in [2.75, 3.05) is 0 Å². The molecule has 0 saturated heterocycles. The molecule has 0 aliphatic carbocycles. The second-order valence-electron chi connectivity index (χ2n) is 5.28. The molecule has 0 radical (unpaired) electrons. The van der Waals surface area contributed by atoms with E-state index in [1.165, 1.54) is 6.07 Å². The molecule has 8 heteroatoms. The standard InChI is InChI=1S/C12H13FN4O2S/c1-12(2,3)16-10(14-15-11(16)20)8-5-4-7(13)6-9(8)17(18)19/h4-6H,1-3H3,(H,15,20). The van der Waals surface area contributed by atoms with Crippen LogP contribution in [0.4, 0.5) is 10.1 Å². The van der Waals surface area contributed by atoms with Crippen LogP contribution >= 0.6 is 12.2 Å². The van der Waals surface area contributed by atoms with Crippen molar-refractivity contribution in [2.45, 2.75) is 26.3 Å². The van der Waals surface area contributed by atoms with Crippen molar-refractivity contribution in [3.05, 3.63) is 38.9 Å². The summed E-state index contributed by atoms with van der Waals surface area (Å²) in [5.41, 5.74) is -0.537. The lowest BCUT2D eigenvalue weighted by Gasteiger charge is -2.22. The van der Waals surface area contributed by atoms with E-state index in [1.807, 2.05) is 20.8 Å². The van der Waals surface area contributed by atoms with Gasteiger partial charge in [0.05, 0.1) is 16.6 Å². The molecule has 0 aliphatic heterocycles. The zero-order valence-corrected chi connectivity index (χ0v) is 12.0. The number of hydrogen-bond acceptors (Lipinski definition) is 4. The molecule has 0 unspecified atom stereocenters. The average Bonchev–Trinajstić information content (AvgIpc) is 2.70. The van der Waals surface area contributed by atoms with Crippen LogP contribution in [-0.4, -0.2) is 19.7 Å². The van der Waals surface area contributed by atoms with E-state index in [9.17, 15) is 14.5 Å². The molecule has 106 valence electrons. The van der Waals surface area contributed by atoms with Gasteiger partial charge in [-0.1, -0.05) is 0 Å². The van der Waals surface area contributed by atoms with Gasteiger partial charge in [0.1, 0.15) is 5.82 Å². The van der Waals surface area contributed by atoms with Crippen LogP contribution in [0.5, 0.6) is 0 Å². The Bertz CT molecular complexity index is 730. The Morgan fingerprint density at radius 2 is 2.10 bits per heavy atom. The summed E-state index contributed by atoms with van der Waals surface area (Å²) in [5.74, 6) is -0.355. The molecule has 2 aromatic rings. The van der Waals surface area contributed by atoms with Crippen LogP contribution in [0, 0.1) is 20.7 Å². The summed E-state index contributed by atoms with van der Waals surface area (Å²) in [6.45, 7) is 5.70. The molecule has 1 N–H and O–H groups in total. The molecule has 0 saturated carbocycles. The molecule has 6 nitrogen and oxygen atoms in total. The number of aromatic nitrogens is 3. The summed E-state index contributed by atoms with van der Waals surface area (Å²) in [5, 5.41) is 17.7. The minimum absolute atomic E-state index is 0.221. The molecule has 0 bridgehead atoms. The Balaban J connectivity index is 2.77. The third-order valence-electron chi connectivity index (χ3n) is 2.74. The van der Waals surface area contributed by atoms with Crippen molar-refractivity contribution in [3.63, 3.8) is 0 Å².